The van der Waals surface area contributed by atoms with Crippen LogP contribution >= 0.6 is 0 Å². The van der Waals surface area contributed by atoms with E-state index in [0.29, 0.717) is 19.3 Å². The number of hydrogen-bond donors (Lipinski definition) is 1. The molecule has 0 aliphatic rings. The van der Waals surface area contributed by atoms with Crippen LogP contribution in [0.5, 0.6) is 0 Å². The molecule has 0 aromatic carbocycles. The van der Waals surface area contributed by atoms with Crippen molar-refractivity contribution in [3.8, 4) is 0 Å². The van der Waals surface area contributed by atoms with Gasteiger partial charge in [0.05, 0.1) is 6.04 Å². The molecule has 0 aliphatic carbocycles. The maximum absolute atomic E-state index is 12.4. The smallest absolute Gasteiger partial charge is 0.309 e. The van der Waals surface area contributed by atoms with Gasteiger partial charge in [-0.15, -0.1) is 0 Å². The van der Waals surface area contributed by atoms with E-state index >= 15 is 0 Å². The lowest BCUT2D eigenvalue weighted by molar-refractivity contribution is -0.138. The fraction of sp³-hybridized carbons (Fsp3) is 0.867. The van der Waals surface area contributed by atoms with Gasteiger partial charge in [0.25, 0.3) is 5.97 Å². The Labute approximate surface area is 144 Å². The molecule has 23 heavy (non-hydrogen) atoms. The third-order valence-electron chi connectivity index (χ3n) is 2.59. The summed E-state index contributed by atoms with van der Waals surface area (Å²) in [6.45, 7) is 18.4. The van der Waals surface area contributed by atoms with E-state index in [0.717, 1.165) is 0 Å². The lowest BCUT2D eigenvalue weighted by atomic mass is 10.1. The molecule has 136 valence electrons. The quantitative estimate of drug-likeness (QED) is 0.621. The summed E-state index contributed by atoms with van der Waals surface area (Å²) in [5.41, 5.74) is 0. The lowest BCUT2D eigenvalue weighted by Crippen LogP contribution is -2.53. The highest BCUT2D eigenvalue weighted by atomic mass is 28.4. The van der Waals surface area contributed by atoms with Gasteiger partial charge >= 0.3 is 5.97 Å². The largest absolute Gasteiger partial charge is 0.520 e. The van der Waals surface area contributed by atoms with E-state index in [9.17, 15) is 9.59 Å². The molecule has 0 spiro atoms. The van der Waals surface area contributed by atoms with Crippen LogP contribution in [0.4, 0.5) is 0 Å². The Morgan fingerprint density at radius 1 is 0.870 bits per heavy atom. The summed E-state index contributed by atoms with van der Waals surface area (Å²) in [6.07, 6.45) is 1.59. The van der Waals surface area contributed by atoms with Crippen molar-refractivity contribution in [3.05, 3.63) is 0 Å². The first-order valence-corrected chi connectivity index (χ1v) is 18.6. The van der Waals surface area contributed by atoms with Gasteiger partial charge in [-0.3, -0.25) is 9.59 Å². The standard InChI is InChI=1S/C15H35NO4Si3/c1-21(2,3)16-13(15(18)20-23(7,8)9)11-10-12-14(17)19-22(4,5)6/h13,16H,10-12H2,1-9H3. The molecule has 0 rings (SSSR count). The summed E-state index contributed by atoms with van der Waals surface area (Å²) in [6, 6.07) is -0.326. The van der Waals surface area contributed by atoms with Crippen molar-refractivity contribution in [1.29, 1.82) is 0 Å². The van der Waals surface area contributed by atoms with Crippen molar-refractivity contribution in [2.75, 3.05) is 0 Å². The Balaban J connectivity index is 4.60. The Morgan fingerprint density at radius 2 is 1.35 bits per heavy atom. The van der Waals surface area contributed by atoms with Crippen LogP contribution in [0, 0.1) is 0 Å². The number of hydrogen-bond acceptors (Lipinski definition) is 5. The highest BCUT2D eigenvalue weighted by Crippen LogP contribution is 2.13. The number of carbonyl (C=O) groups excluding carboxylic acids is 2. The van der Waals surface area contributed by atoms with Crippen LogP contribution in [-0.4, -0.2) is 42.9 Å². The second-order valence-corrected chi connectivity index (χ2v) is 22.6. The van der Waals surface area contributed by atoms with Gasteiger partial charge in [-0.25, -0.2) is 0 Å². The monoisotopic (exact) mass is 377 g/mol. The van der Waals surface area contributed by atoms with Gasteiger partial charge in [-0.2, -0.15) is 0 Å². The number of carbonyl (C=O) groups is 2. The maximum atomic E-state index is 12.4. The molecule has 0 saturated heterocycles. The number of nitrogens with one attached hydrogen (secondary N) is 1. The molecular weight excluding hydrogens is 342 g/mol. The predicted octanol–water partition coefficient (Wildman–Crippen LogP) is 3.71. The molecule has 0 fully saturated rings. The molecule has 1 atom stereocenters. The Hall–Kier alpha value is -0.449. The normalized spacial score (nSPS) is 14.3. The molecule has 0 amide bonds. The van der Waals surface area contributed by atoms with Gasteiger partial charge in [-0.1, -0.05) is 19.6 Å². The second-order valence-electron chi connectivity index (χ2n) is 8.96. The first-order chi connectivity index (χ1) is 10.1. The molecule has 0 aromatic rings. The maximum Gasteiger partial charge on any atom is 0.309 e. The summed E-state index contributed by atoms with van der Waals surface area (Å²) >= 11 is 0. The fourth-order valence-corrected chi connectivity index (χ4v) is 4.83. The summed E-state index contributed by atoms with van der Waals surface area (Å²) in [5.74, 6) is -0.334. The molecule has 0 heterocycles. The van der Waals surface area contributed by atoms with Crippen molar-refractivity contribution in [2.45, 2.75) is 84.2 Å². The molecule has 1 N–H and O–H groups in total. The van der Waals surface area contributed by atoms with E-state index in [1.165, 1.54) is 0 Å². The molecule has 5 nitrogen and oxygen atoms in total. The first kappa shape index (κ1) is 22.6. The van der Waals surface area contributed by atoms with Crippen molar-refractivity contribution in [1.82, 2.24) is 4.98 Å². The average molecular weight is 378 g/mol. The van der Waals surface area contributed by atoms with Gasteiger partial charge < -0.3 is 13.8 Å². The third-order valence-corrected chi connectivity index (χ3v) is 5.46. The fourth-order valence-electron chi connectivity index (χ4n) is 1.99. The Morgan fingerprint density at radius 3 is 1.74 bits per heavy atom. The zero-order valence-corrected chi connectivity index (χ0v) is 19.3. The summed E-state index contributed by atoms with van der Waals surface area (Å²) in [7, 11) is -5.36. The zero-order chi connectivity index (χ0) is 18.5. The van der Waals surface area contributed by atoms with E-state index in [1.54, 1.807) is 0 Å². The lowest BCUT2D eigenvalue weighted by Gasteiger charge is -2.28. The van der Waals surface area contributed by atoms with E-state index in [2.05, 4.69) is 24.6 Å². The van der Waals surface area contributed by atoms with Crippen LogP contribution in [0.15, 0.2) is 0 Å². The van der Waals surface area contributed by atoms with E-state index in [1.807, 2.05) is 39.3 Å². The van der Waals surface area contributed by atoms with Crippen LogP contribution in [0.1, 0.15) is 19.3 Å². The third kappa shape index (κ3) is 13.7. The minimum atomic E-state index is -1.91. The summed E-state index contributed by atoms with van der Waals surface area (Å²) in [5, 5.41) is 0. The molecule has 0 saturated carbocycles. The van der Waals surface area contributed by atoms with Gasteiger partial charge in [0.2, 0.25) is 16.6 Å². The average Bonchev–Trinajstić information content (AvgIpc) is 2.20. The molecular formula is C15H35NO4Si3. The predicted molar refractivity (Wildman–Crippen MR) is 103 cm³/mol. The molecule has 1 unspecified atom stereocenters. The minimum Gasteiger partial charge on any atom is -0.520 e. The summed E-state index contributed by atoms with van der Waals surface area (Å²) in [4.78, 5) is 27.7. The minimum absolute atomic E-state index is 0.158. The second kappa shape index (κ2) is 8.59. The zero-order valence-electron chi connectivity index (χ0n) is 16.3. The molecule has 0 aliphatic heterocycles. The van der Waals surface area contributed by atoms with Crippen LogP contribution in [0.3, 0.4) is 0 Å². The van der Waals surface area contributed by atoms with E-state index in [4.69, 9.17) is 8.85 Å². The first-order valence-electron chi connectivity index (χ1n) is 8.31. The molecule has 8 heteroatoms. The van der Waals surface area contributed by atoms with Crippen molar-refractivity contribution >= 4 is 36.8 Å². The van der Waals surface area contributed by atoms with Crippen LogP contribution < -0.4 is 4.98 Å². The molecule has 0 bridgehead atoms. The van der Waals surface area contributed by atoms with Crippen LogP contribution in [0.25, 0.3) is 0 Å². The van der Waals surface area contributed by atoms with Crippen LogP contribution in [-0.2, 0) is 18.4 Å². The van der Waals surface area contributed by atoms with Gasteiger partial charge in [0.1, 0.15) is 8.24 Å². The van der Waals surface area contributed by atoms with Crippen LogP contribution in [0.2, 0.25) is 58.9 Å². The van der Waals surface area contributed by atoms with Gasteiger partial charge in [-0.05, 0) is 52.1 Å². The summed E-state index contributed by atoms with van der Waals surface area (Å²) < 4.78 is 11.1. The Kier molecular flexibility index (Phi) is 8.42. The Bertz CT molecular complexity index is 408. The molecule has 0 aromatic heterocycles. The van der Waals surface area contributed by atoms with E-state index in [-0.39, 0.29) is 18.0 Å². The van der Waals surface area contributed by atoms with E-state index < -0.39 is 24.9 Å². The SMILES string of the molecule is C[Si](C)(C)NC(CCCC(=O)O[Si](C)(C)C)C(=O)O[Si](C)(C)C. The van der Waals surface area contributed by atoms with Gasteiger partial charge in [0.15, 0.2) is 0 Å². The highest BCUT2D eigenvalue weighted by Gasteiger charge is 2.30. The number of rotatable bonds is 9. The topological polar surface area (TPSA) is 64.6 Å². The molecule has 0 radical (unpaired) electrons. The van der Waals surface area contributed by atoms with Crippen molar-refractivity contribution < 1.29 is 18.4 Å². The highest BCUT2D eigenvalue weighted by molar-refractivity contribution is 6.74. The van der Waals surface area contributed by atoms with Crippen molar-refractivity contribution in [2.24, 2.45) is 0 Å². The van der Waals surface area contributed by atoms with Gasteiger partial charge in [0, 0.05) is 6.42 Å². The van der Waals surface area contributed by atoms with Crippen molar-refractivity contribution in [3.63, 3.8) is 0 Å².